The third-order valence-electron chi connectivity index (χ3n) is 2.09. The van der Waals surface area contributed by atoms with Crippen LogP contribution in [0.25, 0.3) is 0 Å². The van der Waals surface area contributed by atoms with Crippen molar-refractivity contribution in [2.75, 3.05) is 0 Å². The standard InChI is InChI=1S/C9H14BrN3O2/c1-9(2,3)7(15)6(14)5-8(10)11-12-13(5)4/h7,15H,1-4H3. The van der Waals surface area contributed by atoms with Gasteiger partial charge in [0.25, 0.3) is 0 Å². The molecule has 1 rings (SSSR count). The summed E-state index contributed by atoms with van der Waals surface area (Å²) in [6.45, 7) is 5.40. The van der Waals surface area contributed by atoms with Crippen molar-refractivity contribution in [2.24, 2.45) is 12.5 Å². The molecule has 1 heterocycles. The van der Waals surface area contributed by atoms with Crippen molar-refractivity contribution >= 4 is 21.7 Å². The molecule has 0 spiro atoms. The van der Waals surface area contributed by atoms with Crippen molar-refractivity contribution in [3.63, 3.8) is 0 Å². The highest BCUT2D eigenvalue weighted by atomic mass is 79.9. The Balaban J connectivity index is 3.06. The predicted molar refractivity (Wildman–Crippen MR) is 58.5 cm³/mol. The quantitative estimate of drug-likeness (QED) is 0.823. The lowest BCUT2D eigenvalue weighted by atomic mass is 9.86. The van der Waals surface area contributed by atoms with Gasteiger partial charge in [0.1, 0.15) is 11.8 Å². The van der Waals surface area contributed by atoms with Gasteiger partial charge in [-0.15, -0.1) is 5.10 Å². The van der Waals surface area contributed by atoms with Crippen LogP contribution in [0.3, 0.4) is 0 Å². The number of aryl methyl sites for hydroxylation is 1. The van der Waals surface area contributed by atoms with Crippen LogP contribution in [0.2, 0.25) is 0 Å². The third kappa shape index (κ3) is 2.43. The number of aliphatic hydroxyl groups excluding tert-OH is 1. The minimum absolute atomic E-state index is 0.289. The fourth-order valence-electron chi connectivity index (χ4n) is 1.12. The van der Waals surface area contributed by atoms with Gasteiger partial charge >= 0.3 is 0 Å². The van der Waals surface area contributed by atoms with Gasteiger partial charge in [0, 0.05) is 7.05 Å². The van der Waals surface area contributed by atoms with Crippen LogP contribution in [0.5, 0.6) is 0 Å². The van der Waals surface area contributed by atoms with E-state index < -0.39 is 11.5 Å². The number of aliphatic hydroxyl groups is 1. The molecule has 1 aromatic heterocycles. The van der Waals surface area contributed by atoms with Gasteiger partial charge in [-0.1, -0.05) is 26.0 Å². The largest absolute Gasteiger partial charge is 0.384 e. The summed E-state index contributed by atoms with van der Waals surface area (Å²) in [5, 5.41) is 17.2. The van der Waals surface area contributed by atoms with Crippen molar-refractivity contribution in [3.8, 4) is 0 Å². The second kappa shape index (κ2) is 4.02. The van der Waals surface area contributed by atoms with E-state index in [1.165, 1.54) is 4.68 Å². The normalized spacial score (nSPS) is 14.0. The number of ketones is 1. The molecule has 0 radical (unpaired) electrons. The van der Waals surface area contributed by atoms with E-state index in [2.05, 4.69) is 26.2 Å². The maximum absolute atomic E-state index is 11.9. The zero-order chi connectivity index (χ0) is 11.8. The van der Waals surface area contributed by atoms with Gasteiger partial charge in [-0.2, -0.15) is 0 Å². The minimum Gasteiger partial charge on any atom is -0.384 e. The zero-order valence-corrected chi connectivity index (χ0v) is 10.7. The number of halogens is 1. The molecule has 1 aromatic rings. The molecule has 5 nitrogen and oxygen atoms in total. The smallest absolute Gasteiger partial charge is 0.212 e. The van der Waals surface area contributed by atoms with Crippen molar-refractivity contribution < 1.29 is 9.90 Å². The fraction of sp³-hybridized carbons (Fsp3) is 0.667. The van der Waals surface area contributed by atoms with E-state index in [0.717, 1.165) is 0 Å². The number of aromatic nitrogens is 3. The highest BCUT2D eigenvalue weighted by Gasteiger charge is 2.33. The summed E-state index contributed by atoms with van der Waals surface area (Å²) in [7, 11) is 1.61. The summed E-state index contributed by atoms with van der Waals surface area (Å²) in [5.41, 5.74) is -0.210. The van der Waals surface area contributed by atoms with E-state index in [1.807, 2.05) is 0 Å². The molecule has 0 bridgehead atoms. The van der Waals surface area contributed by atoms with Crippen LogP contribution < -0.4 is 0 Å². The van der Waals surface area contributed by atoms with Crippen molar-refractivity contribution in [2.45, 2.75) is 26.9 Å². The molecule has 0 aliphatic rings. The van der Waals surface area contributed by atoms with Crippen LogP contribution in [-0.2, 0) is 7.05 Å². The average Bonchev–Trinajstić information content (AvgIpc) is 2.42. The molecule has 84 valence electrons. The van der Waals surface area contributed by atoms with Gasteiger partial charge in [-0.3, -0.25) is 4.79 Å². The lowest BCUT2D eigenvalue weighted by Crippen LogP contribution is -2.35. The average molecular weight is 276 g/mol. The van der Waals surface area contributed by atoms with Gasteiger partial charge in [0.15, 0.2) is 4.60 Å². The van der Waals surface area contributed by atoms with Gasteiger partial charge < -0.3 is 5.11 Å². The molecule has 15 heavy (non-hydrogen) atoms. The summed E-state index contributed by atoms with van der Waals surface area (Å²) in [5.74, 6) is -0.373. The topological polar surface area (TPSA) is 68.0 Å². The lowest BCUT2D eigenvalue weighted by molar-refractivity contribution is 0.0432. The van der Waals surface area contributed by atoms with E-state index in [-0.39, 0.29) is 11.5 Å². The molecular weight excluding hydrogens is 262 g/mol. The molecule has 1 atom stereocenters. The molecule has 0 amide bonds. The Bertz CT molecular complexity index is 362. The first-order valence-electron chi connectivity index (χ1n) is 4.52. The Morgan fingerprint density at radius 1 is 1.53 bits per heavy atom. The molecule has 0 aliphatic carbocycles. The molecular formula is C9H14BrN3O2. The van der Waals surface area contributed by atoms with Crippen LogP contribution in [-0.4, -0.2) is 32.0 Å². The van der Waals surface area contributed by atoms with E-state index in [9.17, 15) is 9.90 Å². The number of Topliss-reactive ketones (excluding diaryl/α,β-unsaturated/α-hetero) is 1. The van der Waals surface area contributed by atoms with E-state index in [4.69, 9.17) is 0 Å². The third-order valence-corrected chi connectivity index (χ3v) is 2.62. The maximum Gasteiger partial charge on any atom is 0.212 e. The monoisotopic (exact) mass is 275 g/mol. The van der Waals surface area contributed by atoms with Crippen molar-refractivity contribution in [1.29, 1.82) is 0 Å². The molecule has 0 aliphatic heterocycles. The Kier molecular flexibility index (Phi) is 3.30. The second-order valence-electron chi connectivity index (χ2n) is 4.49. The molecule has 6 heteroatoms. The molecule has 0 saturated carbocycles. The maximum atomic E-state index is 11.9. The van der Waals surface area contributed by atoms with Gasteiger partial charge in [0.05, 0.1) is 0 Å². The summed E-state index contributed by atoms with van der Waals surface area (Å²) >= 11 is 3.13. The Hall–Kier alpha value is -0.750. The second-order valence-corrected chi connectivity index (χ2v) is 5.24. The molecule has 0 saturated heterocycles. The summed E-state index contributed by atoms with van der Waals surface area (Å²) < 4.78 is 1.71. The number of nitrogens with zero attached hydrogens (tertiary/aromatic N) is 3. The predicted octanol–water partition coefficient (Wildman–Crippen LogP) is 1.17. The first-order chi connectivity index (χ1) is 6.75. The van der Waals surface area contributed by atoms with Crippen LogP contribution in [0.1, 0.15) is 31.3 Å². The van der Waals surface area contributed by atoms with Crippen molar-refractivity contribution in [3.05, 3.63) is 10.3 Å². The number of hydrogen-bond acceptors (Lipinski definition) is 4. The number of hydrogen-bond donors (Lipinski definition) is 1. The first kappa shape index (κ1) is 12.3. The molecule has 0 fully saturated rings. The van der Waals surface area contributed by atoms with E-state index >= 15 is 0 Å². The van der Waals surface area contributed by atoms with E-state index in [0.29, 0.717) is 4.60 Å². The zero-order valence-electron chi connectivity index (χ0n) is 9.15. The van der Waals surface area contributed by atoms with Crippen LogP contribution in [0, 0.1) is 5.41 Å². The molecule has 1 unspecified atom stereocenters. The van der Waals surface area contributed by atoms with Gasteiger partial charge in [0.2, 0.25) is 5.78 Å². The van der Waals surface area contributed by atoms with Gasteiger partial charge in [-0.05, 0) is 21.3 Å². The highest BCUT2D eigenvalue weighted by Crippen LogP contribution is 2.24. The van der Waals surface area contributed by atoms with Crippen LogP contribution in [0.4, 0.5) is 0 Å². The minimum atomic E-state index is -1.06. The summed E-state index contributed by atoms with van der Waals surface area (Å²) in [6.07, 6.45) is -1.06. The van der Waals surface area contributed by atoms with E-state index in [1.54, 1.807) is 27.8 Å². The number of rotatable bonds is 2. The van der Waals surface area contributed by atoms with Crippen LogP contribution >= 0.6 is 15.9 Å². The Morgan fingerprint density at radius 3 is 2.40 bits per heavy atom. The van der Waals surface area contributed by atoms with Crippen LogP contribution in [0.15, 0.2) is 4.60 Å². The molecule has 1 N–H and O–H groups in total. The SMILES string of the molecule is Cn1nnc(Br)c1C(=O)C(O)C(C)(C)C. The first-order valence-corrected chi connectivity index (χ1v) is 5.32. The van der Waals surface area contributed by atoms with Gasteiger partial charge in [-0.25, -0.2) is 4.68 Å². The Morgan fingerprint density at radius 2 is 2.07 bits per heavy atom. The highest BCUT2D eigenvalue weighted by molar-refractivity contribution is 9.10. The van der Waals surface area contributed by atoms with Crippen molar-refractivity contribution in [1.82, 2.24) is 15.0 Å². The summed E-state index contributed by atoms with van der Waals surface area (Å²) in [6, 6.07) is 0. The summed E-state index contributed by atoms with van der Waals surface area (Å²) in [4.78, 5) is 11.9. The Labute approximate surface area is 96.6 Å². The number of carbonyl (C=O) groups excluding carboxylic acids is 1. The lowest BCUT2D eigenvalue weighted by Gasteiger charge is -2.24. The molecule has 0 aromatic carbocycles. The number of carbonyl (C=O) groups is 1. The fourth-order valence-corrected chi connectivity index (χ4v) is 1.64.